The van der Waals surface area contributed by atoms with Gasteiger partial charge in [0.1, 0.15) is 0 Å². The second-order valence-corrected chi connectivity index (χ2v) is 4.07. The predicted octanol–water partition coefficient (Wildman–Crippen LogP) is 2.82. The molecule has 0 aliphatic heterocycles. The smallest absolute Gasteiger partial charge is 0.0908 e. The first-order valence-corrected chi connectivity index (χ1v) is 6.09. The Morgan fingerprint density at radius 2 is 2.00 bits per heavy atom. The molecule has 0 saturated carbocycles. The van der Waals surface area contributed by atoms with E-state index in [0.717, 1.165) is 13.0 Å². The molecule has 0 rings (SSSR count). The van der Waals surface area contributed by atoms with Gasteiger partial charge in [0.2, 0.25) is 0 Å². The quantitative estimate of drug-likeness (QED) is 0.608. The van der Waals surface area contributed by atoms with Crippen molar-refractivity contribution in [3.63, 3.8) is 0 Å². The van der Waals surface area contributed by atoms with Gasteiger partial charge in [-0.05, 0) is 12.3 Å². The molecule has 2 nitrogen and oxygen atoms in total. The van der Waals surface area contributed by atoms with Crippen LogP contribution in [0.4, 0.5) is 0 Å². The van der Waals surface area contributed by atoms with Gasteiger partial charge in [-0.1, -0.05) is 33.1 Å². The van der Waals surface area contributed by atoms with Crippen LogP contribution >= 0.6 is 11.6 Å². The molecule has 3 heteroatoms. The van der Waals surface area contributed by atoms with Gasteiger partial charge in [0.25, 0.3) is 0 Å². The lowest BCUT2D eigenvalue weighted by Gasteiger charge is -2.15. The van der Waals surface area contributed by atoms with E-state index >= 15 is 0 Å². The Morgan fingerprint density at radius 3 is 2.50 bits per heavy atom. The average Bonchev–Trinajstić information content (AvgIpc) is 2.22. The number of ether oxygens (including phenoxy) is 1. The summed E-state index contributed by atoms with van der Waals surface area (Å²) in [5.41, 5.74) is 0. The first-order valence-electron chi connectivity index (χ1n) is 5.56. The Balaban J connectivity index is 3.42. The molecule has 86 valence electrons. The van der Waals surface area contributed by atoms with Crippen LogP contribution in [-0.2, 0) is 4.74 Å². The monoisotopic (exact) mass is 222 g/mol. The summed E-state index contributed by atoms with van der Waals surface area (Å²) in [5.74, 6) is 0.892. The number of halogens is 1. The van der Waals surface area contributed by atoms with Gasteiger partial charge in [0, 0.05) is 6.61 Å². The maximum Gasteiger partial charge on any atom is 0.0908 e. The van der Waals surface area contributed by atoms with Crippen molar-refractivity contribution in [3.8, 4) is 0 Å². The lowest BCUT2D eigenvalue weighted by molar-refractivity contribution is 0.0282. The molecule has 0 amide bonds. The minimum absolute atomic E-state index is 0.256. The Morgan fingerprint density at radius 1 is 1.29 bits per heavy atom. The number of aliphatic hydroxyl groups excluding tert-OH is 1. The van der Waals surface area contributed by atoms with Gasteiger partial charge in [-0.25, -0.2) is 0 Å². The summed E-state index contributed by atoms with van der Waals surface area (Å²) in [6.07, 6.45) is 4.36. The van der Waals surface area contributed by atoms with Gasteiger partial charge in [-0.2, -0.15) is 0 Å². The third-order valence-corrected chi connectivity index (χ3v) is 2.74. The number of rotatable bonds is 9. The summed E-state index contributed by atoms with van der Waals surface area (Å²) in [4.78, 5) is 0. The van der Waals surface area contributed by atoms with Crippen LogP contribution in [0, 0.1) is 5.92 Å². The van der Waals surface area contributed by atoms with Crippen molar-refractivity contribution in [3.05, 3.63) is 0 Å². The molecule has 0 radical (unpaired) electrons. The van der Waals surface area contributed by atoms with E-state index in [2.05, 4.69) is 13.8 Å². The Labute approximate surface area is 92.6 Å². The van der Waals surface area contributed by atoms with Crippen LogP contribution in [0.15, 0.2) is 0 Å². The van der Waals surface area contributed by atoms with Crippen molar-refractivity contribution in [2.75, 3.05) is 19.1 Å². The molecule has 0 saturated heterocycles. The molecule has 0 aromatic carbocycles. The minimum atomic E-state index is -0.514. The van der Waals surface area contributed by atoms with Gasteiger partial charge >= 0.3 is 0 Å². The summed E-state index contributed by atoms with van der Waals surface area (Å²) in [5, 5.41) is 9.16. The highest BCUT2D eigenvalue weighted by molar-refractivity contribution is 6.18. The summed E-state index contributed by atoms with van der Waals surface area (Å²) in [7, 11) is 0. The van der Waals surface area contributed by atoms with E-state index in [1.54, 1.807) is 0 Å². The Bertz CT molecular complexity index is 120. The van der Waals surface area contributed by atoms with E-state index in [4.69, 9.17) is 21.4 Å². The first kappa shape index (κ1) is 14.2. The van der Waals surface area contributed by atoms with Gasteiger partial charge in [-0.15, -0.1) is 11.6 Å². The van der Waals surface area contributed by atoms with Crippen LogP contribution in [-0.4, -0.2) is 30.3 Å². The largest absolute Gasteiger partial charge is 0.389 e. The maximum atomic E-state index is 9.16. The maximum absolute atomic E-state index is 9.16. The first-order chi connectivity index (χ1) is 6.74. The molecule has 14 heavy (non-hydrogen) atoms. The second-order valence-electron chi connectivity index (χ2n) is 3.76. The van der Waals surface area contributed by atoms with Crippen molar-refractivity contribution in [1.82, 2.24) is 0 Å². The Kier molecular flexibility index (Phi) is 9.90. The summed E-state index contributed by atoms with van der Waals surface area (Å²) >= 11 is 5.45. The Hall–Kier alpha value is 0.210. The van der Waals surface area contributed by atoms with Crippen molar-refractivity contribution in [2.24, 2.45) is 5.92 Å². The summed E-state index contributed by atoms with van der Waals surface area (Å²) in [6.45, 7) is 5.50. The van der Waals surface area contributed by atoms with Crippen molar-refractivity contribution < 1.29 is 9.84 Å². The van der Waals surface area contributed by atoms with Crippen LogP contribution in [0.1, 0.15) is 39.5 Å². The third-order valence-electron chi connectivity index (χ3n) is 2.39. The van der Waals surface area contributed by atoms with Crippen LogP contribution in [0.2, 0.25) is 0 Å². The highest BCUT2D eigenvalue weighted by Crippen LogP contribution is 2.12. The molecule has 0 fully saturated rings. The number of aliphatic hydroxyl groups is 1. The zero-order valence-corrected chi connectivity index (χ0v) is 10.1. The number of unbranched alkanes of at least 4 members (excludes halogenated alkanes) is 1. The van der Waals surface area contributed by atoms with Gasteiger partial charge < -0.3 is 9.84 Å². The van der Waals surface area contributed by atoms with E-state index in [9.17, 15) is 0 Å². The molecule has 0 unspecified atom stereocenters. The molecule has 0 spiro atoms. The molecule has 1 N–H and O–H groups in total. The average molecular weight is 223 g/mol. The molecule has 0 aliphatic carbocycles. The fourth-order valence-corrected chi connectivity index (χ4v) is 1.40. The topological polar surface area (TPSA) is 29.5 Å². The lowest BCUT2D eigenvalue weighted by atomic mass is 10.0. The number of hydrogen-bond donors (Lipinski definition) is 1. The van der Waals surface area contributed by atoms with E-state index in [1.807, 2.05) is 0 Å². The molecule has 2 atom stereocenters. The van der Waals surface area contributed by atoms with Crippen LogP contribution in [0.5, 0.6) is 0 Å². The lowest BCUT2D eigenvalue weighted by Crippen LogP contribution is -2.19. The molecule has 0 heterocycles. The van der Waals surface area contributed by atoms with E-state index < -0.39 is 6.10 Å². The molecule has 0 bridgehead atoms. The second kappa shape index (κ2) is 9.75. The number of alkyl halides is 1. The summed E-state index contributed by atoms with van der Waals surface area (Å²) in [6, 6.07) is 0. The molecule has 0 aromatic rings. The molecular weight excluding hydrogens is 200 g/mol. The standard InChI is InChI=1S/C11H23ClO2/c1-3-5-6-10(4-2)8-14-9-11(13)7-12/h10-11,13H,3-9H2,1-2H3/t10-,11+/m1/s1. The fraction of sp³-hybridized carbons (Fsp3) is 1.00. The van der Waals surface area contributed by atoms with Crippen LogP contribution in [0.25, 0.3) is 0 Å². The van der Waals surface area contributed by atoms with E-state index in [0.29, 0.717) is 12.5 Å². The normalized spacial score (nSPS) is 15.4. The zero-order valence-electron chi connectivity index (χ0n) is 9.34. The third kappa shape index (κ3) is 7.60. The minimum Gasteiger partial charge on any atom is -0.389 e. The van der Waals surface area contributed by atoms with Gasteiger partial charge in [0.05, 0.1) is 18.6 Å². The van der Waals surface area contributed by atoms with Crippen molar-refractivity contribution in [1.29, 1.82) is 0 Å². The van der Waals surface area contributed by atoms with Crippen molar-refractivity contribution in [2.45, 2.75) is 45.6 Å². The molecule has 0 aromatic heterocycles. The number of hydrogen-bond acceptors (Lipinski definition) is 2. The highest BCUT2D eigenvalue weighted by atomic mass is 35.5. The van der Waals surface area contributed by atoms with Gasteiger partial charge in [-0.3, -0.25) is 0 Å². The molecular formula is C11H23ClO2. The van der Waals surface area contributed by atoms with E-state index in [-0.39, 0.29) is 5.88 Å². The SMILES string of the molecule is CCCC[C@@H](CC)COC[C@@H](O)CCl. The predicted molar refractivity (Wildman–Crippen MR) is 60.9 cm³/mol. The molecule has 0 aliphatic rings. The fourth-order valence-electron chi connectivity index (χ4n) is 1.31. The van der Waals surface area contributed by atoms with Gasteiger partial charge in [0.15, 0.2) is 0 Å². The van der Waals surface area contributed by atoms with Crippen LogP contribution < -0.4 is 0 Å². The summed E-state index contributed by atoms with van der Waals surface area (Å²) < 4.78 is 5.40. The van der Waals surface area contributed by atoms with Crippen LogP contribution in [0.3, 0.4) is 0 Å². The van der Waals surface area contributed by atoms with E-state index in [1.165, 1.54) is 19.3 Å². The zero-order chi connectivity index (χ0) is 10.8. The van der Waals surface area contributed by atoms with Crippen molar-refractivity contribution >= 4 is 11.6 Å². The highest BCUT2D eigenvalue weighted by Gasteiger charge is 2.07.